The fourth-order valence-corrected chi connectivity index (χ4v) is 2.29. The van der Waals surface area contributed by atoms with Crippen LogP contribution in [0, 0.1) is 0 Å². The quantitative estimate of drug-likeness (QED) is 0.903. The molecule has 0 fully saturated rings. The number of amides is 1. The van der Waals surface area contributed by atoms with E-state index in [1.807, 2.05) is 11.4 Å². The van der Waals surface area contributed by atoms with Gasteiger partial charge in [-0.25, -0.2) is 0 Å². The Morgan fingerprint density at radius 2 is 2.21 bits per heavy atom. The van der Waals surface area contributed by atoms with Crippen molar-refractivity contribution >= 4 is 22.9 Å². The number of carbonyl (C=O) groups is 1. The molecule has 100 valence electrons. The molecule has 0 saturated carbocycles. The Labute approximate surface area is 115 Å². The average Bonchev–Trinajstić information content (AvgIpc) is 2.92. The van der Waals surface area contributed by atoms with Gasteiger partial charge in [0.2, 0.25) is 0 Å². The number of anilines is 1. The highest BCUT2D eigenvalue weighted by Gasteiger charge is 2.12. The summed E-state index contributed by atoms with van der Waals surface area (Å²) in [4.78, 5) is 12.6. The number of nitrogens with one attached hydrogen (secondary N) is 1. The van der Waals surface area contributed by atoms with E-state index in [9.17, 15) is 9.90 Å². The Hall–Kier alpha value is -1.85. The number of benzene rings is 1. The predicted octanol–water partition coefficient (Wildman–Crippen LogP) is 3.06. The molecule has 1 heterocycles. The zero-order valence-corrected chi connectivity index (χ0v) is 11.5. The van der Waals surface area contributed by atoms with Crippen LogP contribution in [0.3, 0.4) is 0 Å². The summed E-state index contributed by atoms with van der Waals surface area (Å²) in [6.07, 6.45) is -0.594. The molecule has 0 spiro atoms. The highest BCUT2D eigenvalue weighted by atomic mass is 32.1. The summed E-state index contributed by atoms with van der Waals surface area (Å²) in [5.41, 5.74) is 1.28. The third-order valence-corrected chi connectivity index (χ3v) is 3.57. The van der Waals surface area contributed by atoms with Crippen LogP contribution in [0.15, 0.2) is 35.7 Å². The van der Waals surface area contributed by atoms with Gasteiger partial charge in [0.05, 0.1) is 23.8 Å². The molecule has 1 amide bonds. The van der Waals surface area contributed by atoms with Crippen LogP contribution in [0.4, 0.5) is 5.69 Å². The Balaban J connectivity index is 2.27. The summed E-state index contributed by atoms with van der Waals surface area (Å²) in [6.45, 7) is 1.67. The third kappa shape index (κ3) is 3.13. The molecule has 2 rings (SSSR count). The highest BCUT2D eigenvalue weighted by molar-refractivity contribution is 7.12. The van der Waals surface area contributed by atoms with E-state index in [4.69, 9.17) is 4.74 Å². The van der Waals surface area contributed by atoms with Gasteiger partial charge < -0.3 is 15.2 Å². The molecule has 0 saturated heterocycles. The summed E-state index contributed by atoms with van der Waals surface area (Å²) in [7, 11) is 1.54. The molecule has 4 nitrogen and oxygen atoms in total. The number of rotatable bonds is 4. The van der Waals surface area contributed by atoms with Gasteiger partial charge in [0.25, 0.3) is 5.91 Å². The number of methoxy groups -OCH3 is 1. The Bertz CT molecular complexity index is 564. The van der Waals surface area contributed by atoms with Crippen molar-refractivity contribution in [2.24, 2.45) is 0 Å². The second-order valence-corrected chi connectivity index (χ2v) is 5.01. The van der Waals surface area contributed by atoms with Crippen LogP contribution in [0.1, 0.15) is 28.3 Å². The first-order chi connectivity index (χ1) is 9.11. The van der Waals surface area contributed by atoms with E-state index in [-0.39, 0.29) is 5.91 Å². The zero-order chi connectivity index (χ0) is 13.8. The van der Waals surface area contributed by atoms with Gasteiger partial charge in [0, 0.05) is 0 Å². The number of hydrogen-bond donors (Lipinski definition) is 2. The molecule has 2 N–H and O–H groups in total. The molecular weight excluding hydrogens is 262 g/mol. The lowest BCUT2D eigenvalue weighted by Gasteiger charge is -2.12. The monoisotopic (exact) mass is 277 g/mol. The van der Waals surface area contributed by atoms with Crippen LogP contribution >= 0.6 is 11.3 Å². The molecule has 5 heteroatoms. The topological polar surface area (TPSA) is 58.6 Å². The van der Waals surface area contributed by atoms with Crippen molar-refractivity contribution in [1.82, 2.24) is 0 Å². The maximum absolute atomic E-state index is 12.0. The van der Waals surface area contributed by atoms with E-state index in [1.165, 1.54) is 18.4 Å². The van der Waals surface area contributed by atoms with Gasteiger partial charge in [-0.05, 0) is 36.1 Å². The van der Waals surface area contributed by atoms with Crippen molar-refractivity contribution in [2.75, 3.05) is 12.4 Å². The number of aliphatic hydroxyl groups is 1. The minimum atomic E-state index is -0.594. The standard InChI is InChI=1S/C14H15NO3S/c1-9(16)10-5-6-12(18-2)11(8-10)15-14(17)13-4-3-7-19-13/h3-9,16H,1-2H3,(H,15,17)/t9-/m1/s1. The van der Waals surface area contributed by atoms with E-state index in [0.29, 0.717) is 16.3 Å². The SMILES string of the molecule is COc1ccc([C@@H](C)O)cc1NC(=O)c1cccs1. The average molecular weight is 277 g/mol. The van der Waals surface area contributed by atoms with Crippen molar-refractivity contribution in [1.29, 1.82) is 0 Å². The van der Waals surface area contributed by atoms with Crippen LogP contribution in [-0.2, 0) is 0 Å². The van der Waals surface area contributed by atoms with Crippen molar-refractivity contribution in [3.63, 3.8) is 0 Å². The van der Waals surface area contributed by atoms with Gasteiger partial charge in [-0.15, -0.1) is 11.3 Å². The first-order valence-electron chi connectivity index (χ1n) is 5.82. The zero-order valence-electron chi connectivity index (χ0n) is 10.7. The van der Waals surface area contributed by atoms with Crippen LogP contribution in [0.25, 0.3) is 0 Å². The second-order valence-electron chi connectivity index (χ2n) is 4.07. The Morgan fingerprint density at radius 3 is 2.79 bits per heavy atom. The fourth-order valence-electron chi connectivity index (χ4n) is 1.67. The highest BCUT2D eigenvalue weighted by Crippen LogP contribution is 2.28. The molecule has 0 radical (unpaired) electrons. The van der Waals surface area contributed by atoms with Crippen molar-refractivity contribution in [2.45, 2.75) is 13.0 Å². The lowest BCUT2D eigenvalue weighted by molar-refractivity contribution is 0.103. The van der Waals surface area contributed by atoms with E-state index in [0.717, 1.165) is 5.56 Å². The van der Waals surface area contributed by atoms with Crippen molar-refractivity contribution in [3.8, 4) is 5.75 Å². The Kier molecular flexibility index (Phi) is 4.19. The summed E-state index contributed by atoms with van der Waals surface area (Å²) >= 11 is 1.37. The largest absolute Gasteiger partial charge is 0.495 e. The maximum Gasteiger partial charge on any atom is 0.265 e. The number of aliphatic hydroxyl groups excluding tert-OH is 1. The predicted molar refractivity (Wildman–Crippen MR) is 75.9 cm³/mol. The van der Waals surface area contributed by atoms with Gasteiger partial charge in [0.1, 0.15) is 5.75 Å². The molecule has 0 aliphatic heterocycles. The number of thiophene rings is 1. The number of carbonyl (C=O) groups excluding carboxylic acids is 1. The summed E-state index contributed by atoms with van der Waals surface area (Å²) in [5, 5.41) is 14.2. The second kappa shape index (κ2) is 5.86. The molecule has 2 aromatic rings. The van der Waals surface area contributed by atoms with Crippen LogP contribution in [0.5, 0.6) is 5.75 Å². The summed E-state index contributed by atoms with van der Waals surface area (Å²) in [5.74, 6) is 0.380. The third-order valence-electron chi connectivity index (χ3n) is 2.70. The normalized spacial score (nSPS) is 11.9. The number of ether oxygens (including phenoxy) is 1. The van der Waals surface area contributed by atoms with Gasteiger partial charge in [-0.2, -0.15) is 0 Å². The van der Waals surface area contributed by atoms with E-state index < -0.39 is 6.10 Å². The van der Waals surface area contributed by atoms with E-state index in [2.05, 4.69) is 5.32 Å². The van der Waals surface area contributed by atoms with E-state index in [1.54, 1.807) is 31.2 Å². The van der Waals surface area contributed by atoms with Crippen molar-refractivity contribution < 1.29 is 14.6 Å². The summed E-state index contributed by atoms with van der Waals surface area (Å²) < 4.78 is 5.21. The van der Waals surface area contributed by atoms with Crippen LogP contribution < -0.4 is 10.1 Å². The lowest BCUT2D eigenvalue weighted by atomic mass is 10.1. The van der Waals surface area contributed by atoms with Gasteiger partial charge >= 0.3 is 0 Å². The molecule has 0 aliphatic carbocycles. The van der Waals surface area contributed by atoms with Crippen LogP contribution in [0.2, 0.25) is 0 Å². The van der Waals surface area contributed by atoms with Crippen molar-refractivity contribution in [3.05, 3.63) is 46.2 Å². The number of hydrogen-bond acceptors (Lipinski definition) is 4. The molecule has 19 heavy (non-hydrogen) atoms. The molecule has 0 unspecified atom stereocenters. The van der Waals surface area contributed by atoms with Gasteiger partial charge in [-0.3, -0.25) is 4.79 Å². The fraction of sp³-hybridized carbons (Fsp3) is 0.214. The molecule has 0 aliphatic rings. The molecular formula is C14H15NO3S. The molecule has 1 aromatic carbocycles. The maximum atomic E-state index is 12.0. The minimum absolute atomic E-state index is 0.184. The van der Waals surface area contributed by atoms with E-state index >= 15 is 0 Å². The van der Waals surface area contributed by atoms with Crippen LogP contribution in [-0.4, -0.2) is 18.1 Å². The first kappa shape index (κ1) is 13.6. The smallest absolute Gasteiger partial charge is 0.265 e. The molecule has 1 atom stereocenters. The summed E-state index contributed by atoms with van der Waals surface area (Å²) in [6, 6.07) is 8.79. The Morgan fingerprint density at radius 1 is 1.42 bits per heavy atom. The lowest BCUT2D eigenvalue weighted by Crippen LogP contribution is -2.11. The molecule has 0 bridgehead atoms. The first-order valence-corrected chi connectivity index (χ1v) is 6.70. The van der Waals surface area contributed by atoms with Gasteiger partial charge in [-0.1, -0.05) is 12.1 Å². The molecule has 1 aromatic heterocycles. The minimum Gasteiger partial charge on any atom is -0.495 e. The van der Waals surface area contributed by atoms with Gasteiger partial charge in [0.15, 0.2) is 0 Å².